The molecule has 0 aliphatic carbocycles. The largest absolute Gasteiger partial charge is 0.314 e. The normalized spacial score (nSPS) is 12.2. The van der Waals surface area contributed by atoms with Crippen molar-refractivity contribution in [3.63, 3.8) is 0 Å². The van der Waals surface area contributed by atoms with Crippen molar-refractivity contribution in [3.05, 3.63) is 60.7 Å². The Labute approximate surface area is 119 Å². The lowest BCUT2D eigenvalue weighted by Crippen LogP contribution is -2.11. The molecule has 6 heteroatoms. The van der Waals surface area contributed by atoms with E-state index in [0.29, 0.717) is 0 Å². The summed E-state index contributed by atoms with van der Waals surface area (Å²) < 4.78 is 21.2. The Balaban J connectivity index is 0.000000171. The molecule has 1 aliphatic rings. The summed E-state index contributed by atoms with van der Waals surface area (Å²) in [6, 6.07) is 16.2. The molecule has 5 nitrogen and oxygen atoms in total. The first-order chi connectivity index (χ1) is 9.50. The number of rotatable bonds is 1. The molecule has 0 unspecified atom stereocenters. The van der Waals surface area contributed by atoms with E-state index in [1.165, 1.54) is 37.4 Å². The molecule has 3 N–H and O–H groups in total. The SMILES string of the molecule is C1CN1.NS(=O)(=O)c1ccccc1.[O]c1ccccc1. The molecule has 1 heterocycles. The molecule has 0 bridgehead atoms. The first kappa shape index (κ1) is 16.2. The third-order valence-electron chi connectivity index (χ3n) is 2.06. The van der Waals surface area contributed by atoms with Crippen LogP contribution in [0.3, 0.4) is 0 Å². The van der Waals surface area contributed by atoms with Crippen LogP contribution < -0.4 is 10.5 Å². The number of primary sulfonamides is 1. The first-order valence-electron chi connectivity index (χ1n) is 6.01. The fraction of sp³-hybridized carbons (Fsp3) is 0.143. The van der Waals surface area contributed by atoms with Crippen molar-refractivity contribution in [1.82, 2.24) is 5.32 Å². The number of hydrogen-bond acceptors (Lipinski definition) is 3. The monoisotopic (exact) mass is 293 g/mol. The van der Waals surface area contributed by atoms with Crippen molar-refractivity contribution in [2.24, 2.45) is 5.14 Å². The Hall–Kier alpha value is -1.89. The van der Waals surface area contributed by atoms with E-state index in [0.717, 1.165) is 0 Å². The highest BCUT2D eigenvalue weighted by molar-refractivity contribution is 7.89. The van der Waals surface area contributed by atoms with Crippen LogP contribution in [0.25, 0.3) is 0 Å². The molecular formula is C14H17N2O3S. The van der Waals surface area contributed by atoms with Crippen molar-refractivity contribution in [2.45, 2.75) is 4.90 Å². The molecule has 1 radical (unpaired) electrons. The van der Waals surface area contributed by atoms with Gasteiger partial charge in [0, 0.05) is 13.1 Å². The summed E-state index contributed by atoms with van der Waals surface area (Å²) in [5, 5.41) is 18.1. The predicted octanol–water partition coefficient (Wildman–Crippen LogP) is 1.75. The average Bonchev–Trinajstić information content (AvgIpc) is 3.29. The van der Waals surface area contributed by atoms with Gasteiger partial charge in [-0.05, 0) is 24.3 Å². The van der Waals surface area contributed by atoms with Crippen LogP contribution in [0.15, 0.2) is 65.6 Å². The van der Waals surface area contributed by atoms with Crippen molar-refractivity contribution in [3.8, 4) is 5.75 Å². The van der Waals surface area contributed by atoms with Gasteiger partial charge in [-0.25, -0.2) is 13.6 Å². The van der Waals surface area contributed by atoms with Gasteiger partial charge in [-0.15, -0.1) is 0 Å². The second-order valence-corrected chi connectivity index (χ2v) is 5.48. The number of nitrogens with two attached hydrogens (primary N) is 1. The molecule has 0 atom stereocenters. The molecule has 0 amide bonds. The molecule has 20 heavy (non-hydrogen) atoms. The number of para-hydroxylation sites is 1. The van der Waals surface area contributed by atoms with E-state index < -0.39 is 10.0 Å². The van der Waals surface area contributed by atoms with Crippen LogP contribution in [0.4, 0.5) is 0 Å². The minimum Gasteiger partial charge on any atom is -0.314 e. The topological polar surface area (TPSA) is 102 Å². The molecular weight excluding hydrogens is 276 g/mol. The standard InChI is InChI=1S/C6H7NO2S.C6H5O.C2H5N/c7-10(8,9)6-4-2-1-3-5-6;7-6-4-2-1-3-5-6;1-2-3-1/h1-5H,(H2,7,8,9);1-5H;3H,1-2H2. The maximum absolute atomic E-state index is 10.6. The van der Waals surface area contributed by atoms with E-state index in [1.807, 2.05) is 6.07 Å². The van der Waals surface area contributed by atoms with Crippen LogP contribution >= 0.6 is 0 Å². The highest BCUT2D eigenvalue weighted by Gasteiger charge is 2.03. The number of nitrogens with one attached hydrogen (secondary N) is 1. The highest BCUT2D eigenvalue weighted by Crippen LogP contribution is 2.04. The van der Waals surface area contributed by atoms with Crippen molar-refractivity contribution < 1.29 is 13.5 Å². The molecule has 3 rings (SSSR count). The van der Waals surface area contributed by atoms with Gasteiger partial charge >= 0.3 is 0 Å². The highest BCUT2D eigenvalue weighted by atomic mass is 32.2. The Kier molecular flexibility index (Phi) is 6.72. The third kappa shape index (κ3) is 8.25. The van der Waals surface area contributed by atoms with E-state index in [-0.39, 0.29) is 10.6 Å². The van der Waals surface area contributed by atoms with Crippen LogP contribution in [0.5, 0.6) is 5.75 Å². The van der Waals surface area contributed by atoms with Gasteiger partial charge in [0.2, 0.25) is 10.0 Å². The summed E-state index contributed by atoms with van der Waals surface area (Å²) in [6.45, 7) is 2.50. The van der Waals surface area contributed by atoms with Gasteiger partial charge in [-0.1, -0.05) is 36.4 Å². The lowest BCUT2D eigenvalue weighted by atomic mass is 10.3. The summed E-state index contributed by atoms with van der Waals surface area (Å²) in [7, 11) is -3.50. The Morgan fingerprint density at radius 2 is 1.25 bits per heavy atom. The van der Waals surface area contributed by atoms with E-state index in [1.54, 1.807) is 30.3 Å². The summed E-state index contributed by atoms with van der Waals surface area (Å²) in [5.41, 5.74) is 0. The lowest BCUT2D eigenvalue weighted by molar-refractivity contribution is 0.355. The molecule has 0 spiro atoms. The minimum atomic E-state index is -3.50. The lowest BCUT2D eigenvalue weighted by Gasteiger charge is -1.93. The maximum atomic E-state index is 10.6. The zero-order valence-corrected chi connectivity index (χ0v) is 11.7. The molecule has 0 saturated carbocycles. The van der Waals surface area contributed by atoms with Gasteiger partial charge in [0.25, 0.3) is 0 Å². The Morgan fingerprint density at radius 3 is 1.45 bits per heavy atom. The van der Waals surface area contributed by atoms with Crippen LogP contribution in [-0.4, -0.2) is 21.5 Å². The second-order valence-electron chi connectivity index (χ2n) is 3.92. The van der Waals surface area contributed by atoms with E-state index in [4.69, 9.17) is 5.14 Å². The Morgan fingerprint density at radius 1 is 0.850 bits per heavy atom. The molecule has 2 aromatic carbocycles. The number of sulfonamides is 1. The molecule has 107 valence electrons. The first-order valence-corrected chi connectivity index (χ1v) is 7.55. The van der Waals surface area contributed by atoms with Gasteiger partial charge in [0.1, 0.15) is 0 Å². The van der Waals surface area contributed by atoms with Gasteiger partial charge in [-0.3, -0.25) is 5.11 Å². The van der Waals surface area contributed by atoms with Crippen molar-refractivity contribution >= 4 is 10.0 Å². The molecule has 1 fully saturated rings. The Bertz CT molecular complexity index is 582. The quantitative estimate of drug-likeness (QED) is 0.783. The summed E-state index contributed by atoms with van der Waals surface area (Å²) in [5.74, 6) is 0.0718. The zero-order valence-electron chi connectivity index (χ0n) is 10.9. The van der Waals surface area contributed by atoms with E-state index >= 15 is 0 Å². The summed E-state index contributed by atoms with van der Waals surface area (Å²) in [6.07, 6.45) is 0. The fourth-order valence-corrected chi connectivity index (χ4v) is 1.57. The van der Waals surface area contributed by atoms with Gasteiger partial charge in [-0.2, -0.15) is 0 Å². The van der Waals surface area contributed by atoms with Crippen LogP contribution in [0.1, 0.15) is 0 Å². The average molecular weight is 293 g/mol. The van der Waals surface area contributed by atoms with Gasteiger partial charge in [0.05, 0.1) is 4.90 Å². The number of hydrogen-bond donors (Lipinski definition) is 2. The van der Waals surface area contributed by atoms with Gasteiger partial charge in [0.15, 0.2) is 5.75 Å². The van der Waals surface area contributed by atoms with Crippen molar-refractivity contribution in [1.29, 1.82) is 0 Å². The summed E-state index contributed by atoms with van der Waals surface area (Å²) >= 11 is 0. The molecule has 1 aliphatic heterocycles. The fourth-order valence-electron chi connectivity index (χ4n) is 1.03. The van der Waals surface area contributed by atoms with Gasteiger partial charge < -0.3 is 5.32 Å². The van der Waals surface area contributed by atoms with E-state index in [9.17, 15) is 13.5 Å². The van der Waals surface area contributed by atoms with E-state index in [2.05, 4.69) is 5.32 Å². The number of benzene rings is 2. The van der Waals surface area contributed by atoms with Crippen LogP contribution in [-0.2, 0) is 15.1 Å². The second kappa shape index (κ2) is 8.31. The maximum Gasteiger partial charge on any atom is 0.238 e. The zero-order chi connectivity index (χ0) is 14.8. The summed E-state index contributed by atoms with van der Waals surface area (Å²) in [4.78, 5) is 0.148. The molecule has 0 aromatic heterocycles. The smallest absolute Gasteiger partial charge is 0.238 e. The van der Waals surface area contributed by atoms with Crippen LogP contribution in [0.2, 0.25) is 0 Å². The third-order valence-corrected chi connectivity index (χ3v) is 2.99. The molecule has 1 saturated heterocycles. The van der Waals surface area contributed by atoms with Crippen LogP contribution in [0, 0.1) is 0 Å². The minimum absolute atomic E-state index is 0.0718. The predicted molar refractivity (Wildman–Crippen MR) is 77.3 cm³/mol. The van der Waals surface area contributed by atoms with Crippen molar-refractivity contribution in [2.75, 3.05) is 13.1 Å². The molecule has 2 aromatic rings.